The maximum Gasteiger partial charge on any atom is 0.303 e. The Labute approximate surface area is 164 Å². The molecule has 0 radical (unpaired) electrons. The van der Waals surface area contributed by atoms with E-state index in [9.17, 15) is 15.0 Å². The molecular weight excluding hydrogens is 340 g/mol. The molecule has 0 aromatic heterocycles. The third kappa shape index (κ3) is 8.77. The molecule has 4 nitrogen and oxygen atoms in total. The Morgan fingerprint density at radius 1 is 1.33 bits per heavy atom. The van der Waals surface area contributed by atoms with Gasteiger partial charge in [-0.3, -0.25) is 4.79 Å². The van der Waals surface area contributed by atoms with E-state index in [0.29, 0.717) is 18.8 Å². The number of carboxylic acids is 1. The topological polar surface area (TPSA) is 77.8 Å². The van der Waals surface area contributed by atoms with Gasteiger partial charge in [0.1, 0.15) is 0 Å². The Morgan fingerprint density at radius 2 is 2.07 bits per heavy atom. The van der Waals surface area contributed by atoms with Crippen LogP contribution in [-0.4, -0.2) is 33.5 Å². The fraction of sp³-hybridized carbons (Fsp3) is 0.696. The summed E-state index contributed by atoms with van der Waals surface area (Å²) in [5.41, 5.74) is 1.34. The van der Waals surface area contributed by atoms with Gasteiger partial charge in [0.05, 0.1) is 12.2 Å². The SMILES string of the molecule is CC#CCC(C)[C@H](O)/C=C/[C@@H]1[C@@H](C/C(=C/CCCC(=O)O)CC)CC[C@H]1O. The van der Waals surface area contributed by atoms with E-state index in [1.807, 2.05) is 19.1 Å². The molecule has 4 heteroatoms. The van der Waals surface area contributed by atoms with Gasteiger partial charge in [0.15, 0.2) is 0 Å². The quantitative estimate of drug-likeness (QED) is 0.285. The average Bonchev–Trinajstić information content (AvgIpc) is 2.99. The van der Waals surface area contributed by atoms with E-state index in [4.69, 9.17) is 5.11 Å². The molecule has 27 heavy (non-hydrogen) atoms. The van der Waals surface area contributed by atoms with Gasteiger partial charge < -0.3 is 15.3 Å². The Morgan fingerprint density at radius 3 is 2.70 bits per heavy atom. The minimum absolute atomic E-state index is 0.0677. The third-order valence-corrected chi connectivity index (χ3v) is 5.54. The summed E-state index contributed by atoms with van der Waals surface area (Å²) >= 11 is 0. The van der Waals surface area contributed by atoms with Gasteiger partial charge in [0.25, 0.3) is 0 Å². The standard InChI is InChI=1S/C23H36O4/c1-4-6-9-17(3)21(24)15-13-20-19(12-14-22(20)25)16-18(5-2)10-7-8-11-23(26)27/h10,13,15,17,19-22,24-25H,5,7-9,11-12,14,16H2,1-3H3,(H,26,27)/b15-13+,18-10+/t17?,19-,20-,21-,22-/m1/s1. The van der Waals surface area contributed by atoms with Crippen LogP contribution in [0.1, 0.15) is 72.1 Å². The van der Waals surface area contributed by atoms with Gasteiger partial charge in [-0.05, 0) is 57.3 Å². The van der Waals surface area contributed by atoms with E-state index in [1.54, 1.807) is 6.92 Å². The highest BCUT2D eigenvalue weighted by atomic mass is 16.4. The molecule has 0 bridgehead atoms. The highest BCUT2D eigenvalue weighted by Crippen LogP contribution is 2.38. The van der Waals surface area contributed by atoms with E-state index in [-0.39, 0.29) is 24.4 Å². The third-order valence-electron chi connectivity index (χ3n) is 5.54. The summed E-state index contributed by atoms with van der Waals surface area (Å²) in [7, 11) is 0. The minimum atomic E-state index is -0.747. The fourth-order valence-corrected chi connectivity index (χ4v) is 3.69. The summed E-state index contributed by atoms with van der Waals surface area (Å²) < 4.78 is 0. The van der Waals surface area contributed by atoms with Gasteiger partial charge in [0.2, 0.25) is 0 Å². The minimum Gasteiger partial charge on any atom is -0.481 e. The summed E-state index contributed by atoms with van der Waals surface area (Å²) in [5.74, 6) is 5.63. The molecule has 1 unspecified atom stereocenters. The van der Waals surface area contributed by atoms with Crippen molar-refractivity contribution in [2.24, 2.45) is 17.8 Å². The van der Waals surface area contributed by atoms with Crippen molar-refractivity contribution in [3.05, 3.63) is 23.8 Å². The highest BCUT2D eigenvalue weighted by molar-refractivity contribution is 5.66. The molecule has 152 valence electrons. The van der Waals surface area contributed by atoms with Crippen molar-refractivity contribution in [2.45, 2.75) is 84.3 Å². The van der Waals surface area contributed by atoms with Gasteiger partial charge in [-0.25, -0.2) is 0 Å². The molecule has 1 saturated carbocycles. The zero-order valence-electron chi connectivity index (χ0n) is 17.0. The molecule has 1 aliphatic rings. The molecule has 1 aliphatic carbocycles. The van der Waals surface area contributed by atoms with Gasteiger partial charge >= 0.3 is 5.97 Å². The van der Waals surface area contributed by atoms with Gasteiger partial charge in [-0.15, -0.1) is 11.8 Å². The first-order valence-electron chi connectivity index (χ1n) is 10.2. The predicted molar refractivity (Wildman–Crippen MR) is 109 cm³/mol. The van der Waals surface area contributed by atoms with Crippen molar-refractivity contribution in [2.75, 3.05) is 0 Å². The number of hydrogen-bond donors (Lipinski definition) is 3. The molecule has 0 aromatic carbocycles. The maximum atomic E-state index is 10.6. The molecule has 1 fully saturated rings. The molecule has 0 aliphatic heterocycles. The first-order valence-corrected chi connectivity index (χ1v) is 10.2. The summed E-state index contributed by atoms with van der Waals surface area (Å²) in [6.07, 6.45) is 11.1. The van der Waals surface area contributed by atoms with Crippen molar-refractivity contribution < 1.29 is 20.1 Å². The van der Waals surface area contributed by atoms with E-state index in [0.717, 1.165) is 32.1 Å². The van der Waals surface area contributed by atoms with E-state index in [2.05, 4.69) is 24.8 Å². The summed E-state index contributed by atoms with van der Waals surface area (Å²) in [6.45, 7) is 5.91. The number of rotatable bonds is 11. The van der Waals surface area contributed by atoms with Gasteiger partial charge in [-0.1, -0.05) is 37.6 Å². The number of allylic oxidation sites excluding steroid dienone is 2. The molecule has 0 aromatic rings. The number of hydrogen-bond acceptors (Lipinski definition) is 3. The van der Waals surface area contributed by atoms with Crippen LogP contribution < -0.4 is 0 Å². The lowest BCUT2D eigenvalue weighted by molar-refractivity contribution is -0.137. The highest BCUT2D eigenvalue weighted by Gasteiger charge is 2.33. The van der Waals surface area contributed by atoms with E-state index < -0.39 is 12.1 Å². The monoisotopic (exact) mass is 376 g/mol. The van der Waals surface area contributed by atoms with Crippen LogP contribution in [0.3, 0.4) is 0 Å². The van der Waals surface area contributed by atoms with Crippen molar-refractivity contribution in [3.63, 3.8) is 0 Å². The fourth-order valence-electron chi connectivity index (χ4n) is 3.69. The number of carbonyl (C=O) groups is 1. The zero-order chi connectivity index (χ0) is 20.2. The van der Waals surface area contributed by atoms with Crippen LogP contribution in [0.5, 0.6) is 0 Å². The lowest BCUT2D eigenvalue weighted by Gasteiger charge is -2.21. The number of aliphatic carboxylic acids is 1. The lowest BCUT2D eigenvalue weighted by Crippen LogP contribution is -2.20. The molecular formula is C23H36O4. The molecule has 3 N–H and O–H groups in total. The summed E-state index contributed by atoms with van der Waals surface area (Å²) in [5, 5.41) is 29.4. The normalized spacial score (nSPS) is 25.2. The van der Waals surface area contributed by atoms with Crippen LogP contribution in [0.4, 0.5) is 0 Å². The van der Waals surface area contributed by atoms with Crippen molar-refractivity contribution in [1.82, 2.24) is 0 Å². The number of unbranched alkanes of at least 4 members (excludes halogenated alkanes) is 1. The summed E-state index contributed by atoms with van der Waals surface area (Å²) in [6, 6.07) is 0. The van der Waals surface area contributed by atoms with E-state index in [1.165, 1.54) is 5.57 Å². The molecule has 0 amide bonds. The van der Waals surface area contributed by atoms with Crippen LogP contribution in [0.15, 0.2) is 23.8 Å². The second-order valence-electron chi connectivity index (χ2n) is 7.67. The largest absolute Gasteiger partial charge is 0.481 e. The second kappa shape index (κ2) is 12.8. The van der Waals surface area contributed by atoms with Crippen molar-refractivity contribution >= 4 is 5.97 Å². The number of carboxylic acid groups (broad SMARTS) is 1. The molecule has 0 heterocycles. The second-order valence-corrected chi connectivity index (χ2v) is 7.67. The average molecular weight is 377 g/mol. The first kappa shape index (κ1) is 23.5. The molecule has 0 saturated heterocycles. The molecule has 5 atom stereocenters. The lowest BCUT2D eigenvalue weighted by atomic mass is 9.86. The van der Waals surface area contributed by atoms with Crippen LogP contribution >= 0.6 is 0 Å². The van der Waals surface area contributed by atoms with E-state index >= 15 is 0 Å². The molecule has 0 spiro atoms. The van der Waals surface area contributed by atoms with Crippen LogP contribution in [-0.2, 0) is 4.79 Å². The predicted octanol–water partition coefficient (Wildman–Crippen LogP) is 4.32. The Hall–Kier alpha value is -1.57. The van der Waals surface area contributed by atoms with Crippen molar-refractivity contribution in [3.8, 4) is 11.8 Å². The smallest absolute Gasteiger partial charge is 0.303 e. The number of aliphatic hydroxyl groups excluding tert-OH is 2. The Kier molecular flexibility index (Phi) is 11.1. The van der Waals surface area contributed by atoms with Crippen LogP contribution in [0.2, 0.25) is 0 Å². The van der Waals surface area contributed by atoms with Gasteiger partial charge in [0, 0.05) is 18.8 Å². The Bertz CT molecular complexity index is 567. The van der Waals surface area contributed by atoms with Crippen LogP contribution in [0, 0.1) is 29.6 Å². The molecule has 1 rings (SSSR count). The number of aliphatic hydroxyl groups is 2. The van der Waals surface area contributed by atoms with Crippen molar-refractivity contribution in [1.29, 1.82) is 0 Å². The maximum absolute atomic E-state index is 10.6. The zero-order valence-corrected chi connectivity index (χ0v) is 17.0. The van der Waals surface area contributed by atoms with Crippen LogP contribution in [0.25, 0.3) is 0 Å². The Balaban J connectivity index is 2.64. The first-order chi connectivity index (χ1) is 12.9. The van der Waals surface area contributed by atoms with Gasteiger partial charge in [-0.2, -0.15) is 0 Å². The summed E-state index contributed by atoms with van der Waals surface area (Å²) in [4.78, 5) is 10.6.